The molecule has 0 fully saturated rings. The van der Waals surface area contributed by atoms with Gasteiger partial charge in [-0.05, 0) is 73.9 Å². The van der Waals surface area contributed by atoms with E-state index in [4.69, 9.17) is 21.7 Å². The minimum absolute atomic E-state index is 0.116. The van der Waals surface area contributed by atoms with Gasteiger partial charge in [-0.2, -0.15) is 26.3 Å². The molecule has 0 radical (unpaired) electrons. The molecule has 0 aliphatic carbocycles. The number of halogens is 8. The number of carboxylic acid groups (broad SMARTS) is 2. The van der Waals surface area contributed by atoms with E-state index < -0.39 is 59.1 Å². The van der Waals surface area contributed by atoms with Crippen molar-refractivity contribution < 1.29 is 54.9 Å². The molecule has 6 N–H and O–H groups in total. The van der Waals surface area contributed by atoms with Crippen molar-refractivity contribution in [3.8, 4) is 0 Å². The largest absolute Gasteiger partial charge is 0.480 e. The smallest absolute Gasteiger partial charge is 0.416 e. The maximum atomic E-state index is 13.4. The summed E-state index contributed by atoms with van der Waals surface area (Å²) in [5.74, 6) is -4.21. The monoisotopic (exact) mass is 558 g/mol. The number of nitrogens with two attached hydrogens (primary N) is 2. The van der Waals surface area contributed by atoms with E-state index in [1.807, 2.05) is 0 Å². The van der Waals surface area contributed by atoms with E-state index in [0.717, 1.165) is 24.3 Å². The normalized spacial score (nSPS) is 13.3. The number of rotatable bonds is 10. The maximum Gasteiger partial charge on any atom is 0.416 e. The molecule has 6 nitrogen and oxygen atoms in total. The third kappa shape index (κ3) is 11.0. The summed E-state index contributed by atoms with van der Waals surface area (Å²) >= 11 is 0. The van der Waals surface area contributed by atoms with Gasteiger partial charge in [0.25, 0.3) is 0 Å². The van der Waals surface area contributed by atoms with Crippen molar-refractivity contribution in [2.24, 2.45) is 11.5 Å². The summed E-state index contributed by atoms with van der Waals surface area (Å²) in [6, 6.07) is 2.51. The second-order valence-electron chi connectivity index (χ2n) is 8.28. The van der Waals surface area contributed by atoms with Gasteiger partial charge >= 0.3 is 24.3 Å². The standard InChI is InChI=1S/2C12H13F4NO2/c2*13-9-6-8(12(14,15)16)5-4-7(9)2-1-3-10(17)11(18)19/h2*4-6,10H,1-3,17H2,(H,18,19). The predicted molar refractivity (Wildman–Crippen MR) is 120 cm³/mol. The van der Waals surface area contributed by atoms with Crippen molar-refractivity contribution in [2.45, 2.75) is 63.0 Å². The van der Waals surface area contributed by atoms with E-state index in [9.17, 15) is 44.7 Å². The van der Waals surface area contributed by atoms with Crippen molar-refractivity contribution in [1.82, 2.24) is 0 Å². The summed E-state index contributed by atoms with van der Waals surface area (Å²) in [7, 11) is 0. The first-order valence-electron chi connectivity index (χ1n) is 11.1. The van der Waals surface area contributed by atoms with Gasteiger partial charge in [-0.3, -0.25) is 9.59 Å². The van der Waals surface area contributed by atoms with Crippen LogP contribution in [0, 0.1) is 11.6 Å². The Morgan fingerprint density at radius 3 is 1.24 bits per heavy atom. The molecule has 212 valence electrons. The summed E-state index contributed by atoms with van der Waals surface area (Å²) < 4.78 is 101. The van der Waals surface area contributed by atoms with Crippen LogP contribution in [0.25, 0.3) is 0 Å². The second-order valence-corrected chi connectivity index (χ2v) is 8.28. The molecular weight excluding hydrogens is 532 g/mol. The zero-order valence-electron chi connectivity index (χ0n) is 19.8. The van der Waals surface area contributed by atoms with Crippen LogP contribution in [-0.2, 0) is 34.8 Å². The number of benzene rings is 2. The molecule has 0 aromatic heterocycles. The lowest BCUT2D eigenvalue weighted by atomic mass is 10.0. The fourth-order valence-electron chi connectivity index (χ4n) is 3.12. The van der Waals surface area contributed by atoms with Crippen LogP contribution in [-0.4, -0.2) is 34.2 Å². The van der Waals surface area contributed by atoms with Crippen LogP contribution in [0.5, 0.6) is 0 Å². The lowest BCUT2D eigenvalue weighted by Crippen LogP contribution is -2.29. The first-order valence-corrected chi connectivity index (χ1v) is 11.1. The quantitative estimate of drug-likeness (QED) is 0.299. The summed E-state index contributed by atoms with van der Waals surface area (Å²) in [6.07, 6.45) is -8.02. The first kappa shape index (κ1) is 32.8. The molecule has 0 heterocycles. The number of hydrogen-bond acceptors (Lipinski definition) is 4. The van der Waals surface area contributed by atoms with E-state index in [2.05, 4.69) is 0 Å². The molecule has 0 saturated heterocycles. The van der Waals surface area contributed by atoms with Crippen molar-refractivity contribution in [3.05, 3.63) is 70.3 Å². The highest BCUT2D eigenvalue weighted by molar-refractivity contribution is 5.73. The Balaban J connectivity index is 0.000000380. The molecule has 0 amide bonds. The fraction of sp³-hybridized carbons (Fsp3) is 0.417. The SMILES string of the molecule is NC(CCCc1ccc(C(F)(F)F)cc1F)C(=O)O.NC(CCCc1ccc(C(F)(F)F)cc1F)C(=O)O. The van der Waals surface area contributed by atoms with Gasteiger partial charge in [0.2, 0.25) is 0 Å². The maximum absolute atomic E-state index is 13.4. The zero-order valence-corrected chi connectivity index (χ0v) is 19.8. The number of aliphatic carboxylic acids is 2. The average molecular weight is 558 g/mol. The highest BCUT2D eigenvalue weighted by Crippen LogP contribution is 2.31. The topological polar surface area (TPSA) is 127 Å². The summed E-state index contributed by atoms with van der Waals surface area (Å²) in [5, 5.41) is 17.1. The molecule has 14 heteroatoms. The molecule has 2 rings (SSSR count). The van der Waals surface area contributed by atoms with Crippen LogP contribution >= 0.6 is 0 Å². The molecule has 0 aliphatic heterocycles. The van der Waals surface area contributed by atoms with Crippen LogP contribution in [0.15, 0.2) is 36.4 Å². The van der Waals surface area contributed by atoms with Crippen LogP contribution < -0.4 is 11.5 Å². The second kappa shape index (κ2) is 14.0. The molecule has 2 aromatic rings. The van der Waals surface area contributed by atoms with E-state index >= 15 is 0 Å². The van der Waals surface area contributed by atoms with Gasteiger partial charge in [0.15, 0.2) is 0 Å². The van der Waals surface area contributed by atoms with Gasteiger partial charge in [-0.1, -0.05) is 12.1 Å². The first-order chi connectivity index (χ1) is 17.4. The van der Waals surface area contributed by atoms with E-state index in [0.29, 0.717) is 12.1 Å². The van der Waals surface area contributed by atoms with E-state index in [1.54, 1.807) is 0 Å². The number of aryl methyl sites for hydroxylation is 2. The highest BCUT2D eigenvalue weighted by Gasteiger charge is 2.32. The number of carbonyl (C=O) groups is 2. The Labute approximate surface area is 212 Å². The molecule has 2 unspecified atom stereocenters. The van der Waals surface area contributed by atoms with Crippen LogP contribution in [0.2, 0.25) is 0 Å². The fourth-order valence-corrected chi connectivity index (χ4v) is 3.12. The molecule has 2 aromatic carbocycles. The minimum Gasteiger partial charge on any atom is -0.480 e. The van der Waals surface area contributed by atoms with Gasteiger partial charge in [0.1, 0.15) is 23.7 Å². The van der Waals surface area contributed by atoms with Crippen LogP contribution in [0.1, 0.15) is 47.9 Å². The van der Waals surface area contributed by atoms with Gasteiger partial charge in [0, 0.05) is 0 Å². The molecule has 0 spiro atoms. The summed E-state index contributed by atoms with van der Waals surface area (Å²) in [4.78, 5) is 20.9. The molecule has 2 atom stereocenters. The Bertz CT molecular complexity index is 1000. The van der Waals surface area contributed by atoms with Gasteiger partial charge in [0.05, 0.1) is 11.1 Å². The van der Waals surface area contributed by atoms with Crippen molar-refractivity contribution in [2.75, 3.05) is 0 Å². The molecule has 0 saturated carbocycles. The minimum atomic E-state index is -4.58. The van der Waals surface area contributed by atoms with E-state index in [1.165, 1.54) is 0 Å². The Morgan fingerprint density at radius 2 is 1.00 bits per heavy atom. The molecule has 0 aliphatic rings. The zero-order chi connectivity index (χ0) is 29.3. The third-order valence-corrected chi connectivity index (χ3v) is 5.32. The van der Waals surface area contributed by atoms with Crippen LogP contribution in [0.3, 0.4) is 0 Å². The molecular formula is C24H26F8N2O4. The van der Waals surface area contributed by atoms with Crippen molar-refractivity contribution >= 4 is 11.9 Å². The predicted octanol–water partition coefficient (Wildman–Crippen LogP) is 5.16. The van der Waals surface area contributed by atoms with Crippen LogP contribution in [0.4, 0.5) is 35.1 Å². The molecule has 0 bridgehead atoms. The molecule has 38 heavy (non-hydrogen) atoms. The summed E-state index contributed by atoms with van der Waals surface area (Å²) in [6.45, 7) is 0. The third-order valence-electron chi connectivity index (χ3n) is 5.32. The average Bonchev–Trinajstić information content (AvgIpc) is 2.79. The van der Waals surface area contributed by atoms with Gasteiger partial charge in [-0.25, -0.2) is 8.78 Å². The van der Waals surface area contributed by atoms with Gasteiger partial charge in [-0.15, -0.1) is 0 Å². The Hall–Kier alpha value is -3.26. The lowest BCUT2D eigenvalue weighted by Gasteiger charge is -2.10. The number of hydrogen-bond donors (Lipinski definition) is 4. The summed E-state index contributed by atoms with van der Waals surface area (Å²) in [5.41, 5.74) is 8.66. The van der Waals surface area contributed by atoms with Gasteiger partial charge < -0.3 is 21.7 Å². The van der Waals surface area contributed by atoms with Crippen molar-refractivity contribution in [1.29, 1.82) is 0 Å². The van der Waals surface area contributed by atoms with E-state index in [-0.39, 0.29) is 49.7 Å². The Morgan fingerprint density at radius 1 is 0.684 bits per heavy atom. The highest BCUT2D eigenvalue weighted by atomic mass is 19.4. The van der Waals surface area contributed by atoms with Crippen molar-refractivity contribution in [3.63, 3.8) is 0 Å². The lowest BCUT2D eigenvalue weighted by molar-refractivity contribution is -0.139. The number of carboxylic acids is 2. The Kier molecular flexibility index (Phi) is 12.1. The number of alkyl halides is 6.